The molecule has 4 nitrogen and oxygen atoms in total. The summed E-state index contributed by atoms with van der Waals surface area (Å²) in [6.45, 7) is 3.89. The molecule has 1 N–H and O–H groups in total. The largest absolute Gasteiger partial charge is 0.493 e. The van der Waals surface area contributed by atoms with Crippen molar-refractivity contribution >= 4 is 0 Å². The molecule has 0 fully saturated rings. The molecule has 0 saturated heterocycles. The van der Waals surface area contributed by atoms with Crippen LogP contribution in [0, 0.1) is 0 Å². The second-order valence-corrected chi connectivity index (χ2v) is 3.06. The molecule has 0 radical (unpaired) electrons. The van der Waals surface area contributed by atoms with Gasteiger partial charge in [-0.3, -0.25) is 0 Å². The molecule has 1 aromatic rings. The third-order valence-electron chi connectivity index (χ3n) is 1.73. The van der Waals surface area contributed by atoms with Gasteiger partial charge in [-0.05, 0) is 0 Å². The summed E-state index contributed by atoms with van der Waals surface area (Å²) in [5.74, 6) is 1.52. The van der Waals surface area contributed by atoms with Gasteiger partial charge in [-0.1, -0.05) is 13.8 Å². The number of aliphatic hydroxyl groups excluding tert-OH is 1. The highest BCUT2D eigenvalue weighted by atomic mass is 16.5. The number of methoxy groups -OCH3 is 1. The first-order valence-corrected chi connectivity index (χ1v) is 4.19. The molecule has 1 rings (SSSR count). The van der Waals surface area contributed by atoms with Gasteiger partial charge >= 0.3 is 0 Å². The normalized spacial score (nSPS) is 10.5. The Hall–Kier alpha value is -1.16. The van der Waals surface area contributed by atoms with Crippen molar-refractivity contribution in [2.45, 2.75) is 26.4 Å². The number of hydrogen-bond donors (Lipinski definition) is 1. The van der Waals surface area contributed by atoms with Gasteiger partial charge in [0.15, 0.2) is 5.75 Å². The molecular formula is C9H14N2O2. The first kappa shape index (κ1) is 9.92. The second-order valence-electron chi connectivity index (χ2n) is 3.06. The fourth-order valence-electron chi connectivity index (χ4n) is 0.983. The van der Waals surface area contributed by atoms with Gasteiger partial charge in [0.1, 0.15) is 11.5 Å². The lowest BCUT2D eigenvalue weighted by Gasteiger charge is -2.08. The molecule has 72 valence electrons. The van der Waals surface area contributed by atoms with Crippen LogP contribution in [0.2, 0.25) is 0 Å². The third-order valence-corrected chi connectivity index (χ3v) is 1.73. The van der Waals surface area contributed by atoms with Crippen LogP contribution in [0.15, 0.2) is 6.20 Å². The van der Waals surface area contributed by atoms with E-state index in [1.54, 1.807) is 6.20 Å². The molecule has 4 heteroatoms. The standard InChI is InChI=1S/C9H14N2O2/c1-6(2)9-10-4-8(13-3)7(5-12)11-9/h4,6,12H,5H2,1-3H3. The van der Waals surface area contributed by atoms with E-state index in [0.717, 1.165) is 5.82 Å². The Balaban J connectivity index is 3.05. The minimum absolute atomic E-state index is 0.120. The first-order valence-electron chi connectivity index (χ1n) is 4.19. The van der Waals surface area contributed by atoms with E-state index in [-0.39, 0.29) is 12.5 Å². The lowest BCUT2D eigenvalue weighted by atomic mass is 10.2. The quantitative estimate of drug-likeness (QED) is 0.760. The van der Waals surface area contributed by atoms with Crippen LogP contribution in [0.4, 0.5) is 0 Å². The summed E-state index contributed by atoms with van der Waals surface area (Å²) in [5, 5.41) is 8.99. The third kappa shape index (κ3) is 2.15. The maximum atomic E-state index is 8.99. The Morgan fingerprint density at radius 2 is 2.23 bits per heavy atom. The average molecular weight is 182 g/mol. The molecule has 0 amide bonds. The van der Waals surface area contributed by atoms with Crippen molar-refractivity contribution in [1.29, 1.82) is 0 Å². The summed E-state index contributed by atoms with van der Waals surface area (Å²) in [6, 6.07) is 0. The van der Waals surface area contributed by atoms with Gasteiger partial charge in [-0.15, -0.1) is 0 Å². The Labute approximate surface area is 77.6 Å². The molecule has 0 aliphatic heterocycles. The Morgan fingerprint density at radius 3 is 2.69 bits per heavy atom. The van der Waals surface area contributed by atoms with Gasteiger partial charge in [0.25, 0.3) is 0 Å². The van der Waals surface area contributed by atoms with Crippen LogP contribution in [0.25, 0.3) is 0 Å². The molecule has 0 spiro atoms. The molecule has 0 unspecified atom stereocenters. The summed E-state index contributed by atoms with van der Waals surface area (Å²) in [5.41, 5.74) is 0.543. The Bertz CT molecular complexity index is 287. The van der Waals surface area contributed by atoms with Gasteiger partial charge in [0.05, 0.1) is 19.9 Å². The van der Waals surface area contributed by atoms with E-state index >= 15 is 0 Å². The predicted molar refractivity (Wildman–Crippen MR) is 48.6 cm³/mol. The highest BCUT2D eigenvalue weighted by Crippen LogP contribution is 2.17. The molecule has 0 saturated carbocycles. The molecule has 0 aliphatic carbocycles. The van der Waals surface area contributed by atoms with Crippen molar-refractivity contribution < 1.29 is 9.84 Å². The lowest BCUT2D eigenvalue weighted by molar-refractivity contribution is 0.266. The van der Waals surface area contributed by atoms with Crippen LogP contribution >= 0.6 is 0 Å². The van der Waals surface area contributed by atoms with Crippen molar-refractivity contribution in [3.63, 3.8) is 0 Å². The molecule has 0 atom stereocenters. The van der Waals surface area contributed by atoms with Crippen LogP contribution in [-0.2, 0) is 6.61 Å². The highest BCUT2D eigenvalue weighted by Gasteiger charge is 2.08. The van der Waals surface area contributed by atoms with E-state index in [4.69, 9.17) is 9.84 Å². The minimum atomic E-state index is -0.120. The van der Waals surface area contributed by atoms with Crippen LogP contribution in [0.1, 0.15) is 31.3 Å². The minimum Gasteiger partial charge on any atom is -0.493 e. The van der Waals surface area contributed by atoms with Crippen molar-refractivity contribution in [2.75, 3.05) is 7.11 Å². The highest BCUT2D eigenvalue weighted by molar-refractivity contribution is 5.24. The topological polar surface area (TPSA) is 55.2 Å². The SMILES string of the molecule is COc1cnc(C(C)C)nc1CO. The number of rotatable bonds is 3. The Morgan fingerprint density at radius 1 is 1.54 bits per heavy atom. The average Bonchev–Trinajstić information content (AvgIpc) is 2.16. The van der Waals surface area contributed by atoms with E-state index in [1.807, 2.05) is 13.8 Å². The number of aliphatic hydroxyl groups is 1. The van der Waals surface area contributed by atoms with Crippen LogP contribution < -0.4 is 4.74 Å². The molecule has 1 heterocycles. The first-order chi connectivity index (χ1) is 6.19. The Kier molecular flexibility index (Phi) is 3.19. The van der Waals surface area contributed by atoms with Crippen molar-refractivity contribution in [3.8, 4) is 5.75 Å². The smallest absolute Gasteiger partial charge is 0.161 e. The van der Waals surface area contributed by atoms with E-state index in [0.29, 0.717) is 11.4 Å². The number of aromatic nitrogens is 2. The van der Waals surface area contributed by atoms with E-state index in [2.05, 4.69) is 9.97 Å². The van der Waals surface area contributed by atoms with Crippen molar-refractivity contribution in [1.82, 2.24) is 9.97 Å². The predicted octanol–water partition coefficient (Wildman–Crippen LogP) is 1.10. The molecular weight excluding hydrogens is 168 g/mol. The lowest BCUT2D eigenvalue weighted by Crippen LogP contribution is -2.03. The summed E-state index contributed by atoms with van der Waals surface area (Å²) < 4.78 is 4.99. The van der Waals surface area contributed by atoms with Crippen molar-refractivity contribution in [3.05, 3.63) is 17.7 Å². The van der Waals surface area contributed by atoms with Gasteiger partial charge in [0, 0.05) is 5.92 Å². The van der Waals surface area contributed by atoms with E-state index in [1.165, 1.54) is 7.11 Å². The van der Waals surface area contributed by atoms with E-state index in [9.17, 15) is 0 Å². The number of hydrogen-bond acceptors (Lipinski definition) is 4. The maximum absolute atomic E-state index is 8.99. The van der Waals surface area contributed by atoms with Gasteiger partial charge < -0.3 is 9.84 Å². The number of ether oxygens (including phenoxy) is 1. The molecule has 1 aromatic heterocycles. The fourth-order valence-corrected chi connectivity index (χ4v) is 0.983. The molecule has 0 aliphatic rings. The zero-order valence-corrected chi connectivity index (χ0v) is 8.11. The summed E-state index contributed by atoms with van der Waals surface area (Å²) in [7, 11) is 1.53. The molecule has 0 aromatic carbocycles. The van der Waals surface area contributed by atoms with Crippen LogP contribution in [0.3, 0.4) is 0 Å². The van der Waals surface area contributed by atoms with Gasteiger partial charge in [0.2, 0.25) is 0 Å². The zero-order valence-electron chi connectivity index (χ0n) is 8.11. The van der Waals surface area contributed by atoms with Gasteiger partial charge in [-0.25, -0.2) is 9.97 Å². The fraction of sp³-hybridized carbons (Fsp3) is 0.556. The molecule has 0 bridgehead atoms. The van der Waals surface area contributed by atoms with Gasteiger partial charge in [-0.2, -0.15) is 0 Å². The van der Waals surface area contributed by atoms with Crippen molar-refractivity contribution in [2.24, 2.45) is 0 Å². The number of nitrogens with zero attached hydrogens (tertiary/aromatic N) is 2. The van der Waals surface area contributed by atoms with Crippen LogP contribution in [0.5, 0.6) is 5.75 Å². The summed E-state index contributed by atoms with van der Waals surface area (Å²) in [6.07, 6.45) is 1.59. The molecule has 13 heavy (non-hydrogen) atoms. The van der Waals surface area contributed by atoms with E-state index < -0.39 is 0 Å². The zero-order chi connectivity index (χ0) is 9.84. The maximum Gasteiger partial charge on any atom is 0.161 e. The summed E-state index contributed by atoms with van der Waals surface area (Å²) in [4.78, 5) is 8.29. The second kappa shape index (κ2) is 4.18. The summed E-state index contributed by atoms with van der Waals surface area (Å²) >= 11 is 0. The van der Waals surface area contributed by atoms with Crippen LogP contribution in [-0.4, -0.2) is 22.2 Å². The monoisotopic (exact) mass is 182 g/mol.